The van der Waals surface area contributed by atoms with Crippen LogP contribution in [0.1, 0.15) is 39.5 Å². The fraction of sp³-hybridized carbons (Fsp3) is 0.875. The summed E-state index contributed by atoms with van der Waals surface area (Å²) in [6, 6.07) is 0. The second-order valence-corrected chi connectivity index (χ2v) is 2.26. The Bertz CT molecular complexity index is 94.1. The summed E-state index contributed by atoms with van der Waals surface area (Å²) in [5.41, 5.74) is 0. The molecule has 2 nitrogen and oxygen atoms in total. The number of unbranched alkanes of at least 4 members (excludes halogenated alkanes) is 2. The predicted octanol–water partition coefficient (Wildman–Crippen LogP) is 1.75. The van der Waals surface area contributed by atoms with Crippen LogP contribution in [0.4, 0.5) is 0 Å². The minimum absolute atomic E-state index is 0. The Kier molecular flexibility index (Phi) is 12.9. The van der Waals surface area contributed by atoms with Crippen molar-refractivity contribution in [3.8, 4) is 0 Å². The second kappa shape index (κ2) is 10.3. The Morgan fingerprint density at radius 1 is 1.27 bits per heavy atom. The molecule has 3 heteroatoms. The first-order valence-corrected chi connectivity index (χ1v) is 3.96. The van der Waals surface area contributed by atoms with Gasteiger partial charge in [-0.3, -0.25) is 4.79 Å². The number of hydrogen-bond acceptors (Lipinski definition) is 2. The van der Waals surface area contributed by atoms with Gasteiger partial charge in [0.1, 0.15) is 0 Å². The van der Waals surface area contributed by atoms with Gasteiger partial charge in [-0.25, -0.2) is 0 Å². The summed E-state index contributed by atoms with van der Waals surface area (Å²) in [7, 11) is 0. The molecule has 0 unspecified atom stereocenters. The molecule has 0 aromatic rings. The van der Waals surface area contributed by atoms with E-state index in [1.54, 1.807) is 0 Å². The first-order chi connectivity index (χ1) is 4.81. The van der Waals surface area contributed by atoms with Gasteiger partial charge >= 0.3 is 29.9 Å². The Morgan fingerprint density at radius 2 is 1.91 bits per heavy atom. The summed E-state index contributed by atoms with van der Waals surface area (Å²) < 4.78 is 4.75. The average molecular weight is 263 g/mol. The summed E-state index contributed by atoms with van der Waals surface area (Å²) in [6.07, 6.45) is 3.83. The van der Waals surface area contributed by atoms with Gasteiger partial charge in [0.15, 0.2) is 0 Å². The Morgan fingerprint density at radius 3 is 2.36 bits per heavy atom. The van der Waals surface area contributed by atoms with E-state index in [1.165, 1.54) is 0 Å². The molecule has 62 valence electrons. The fourth-order valence-corrected chi connectivity index (χ4v) is 0.752. The first kappa shape index (κ1) is 13.8. The van der Waals surface area contributed by atoms with Crippen LogP contribution in [-0.4, -0.2) is 36.5 Å². The Balaban J connectivity index is 0. The number of rotatable bonds is 5. The maximum atomic E-state index is 10.7. The molecule has 0 saturated heterocycles. The summed E-state index contributed by atoms with van der Waals surface area (Å²) >= 11 is 0. The van der Waals surface area contributed by atoms with Gasteiger partial charge in [0.2, 0.25) is 0 Å². The zero-order valence-electron chi connectivity index (χ0n) is 7.35. The van der Waals surface area contributed by atoms with Crippen LogP contribution in [0, 0.1) is 0 Å². The van der Waals surface area contributed by atoms with Crippen LogP contribution in [0.25, 0.3) is 0 Å². The predicted molar refractivity (Wildman–Crippen MR) is 46.5 cm³/mol. The van der Waals surface area contributed by atoms with Crippen molar-refractivity contribution in [2.45, 2.75) is 39.5 Å². The van der Waals surface area contributed by atoms with E-state index in [1.807, 2.05) is 6.92 Å². The van der Waals surface area contributed by atoms with E-state index in [4.69, 9.17) is 4.74 Å². The topological polar surface area (TPSA) is 26.3 Å². The summed E-state index contributed by atoms with van der Waals surface area (Å²) in [6.45, 7) is 4.45. The smallest absolute Gasteiger partial charge is 0.466 e. The van der Waals surface area contributed by atoms with E-state index in [0.717, 1.165) is 19.3 Å². The van der Waals surface area contributed by atoms with Crippen molar-refractivity contribution in [2.24, 2.45) is 0 Å². The van der Waals surface area contributed by atoms with Gasteiger partial charge in [-0.1, -0.05) is 19.8 Å². The summed E-state index contributed by atoms with van der Waals surface area (Å²) in [5, 5.41) is 0. The molecule has 0 amide bonds. The molecular formula is C8H16O2Sn+2. The van der Waals surface area contributed by atoms with Gasteiger partial charge in [0.25, 0.3) is 0 Å². The van der Waals surface area contributed by atoms with E-state index in [-0.39, 0.29) is 29.9 Å². The molecule has 0 aliphatic heterocycles. The average Bonchev–Trinajstić information content (AvgIpc) is 1.89. The third-order valence-electron chi connectivity index (χ3n) is 1.29. The van der Waals surface area contributed by atoms with E-state index >= 15 is 0 Å². The zero-order chi connectivity index (χ0) is 7.82. The quantitative estimate of drug-likeness (QED) is 0.429. The normalized spacial score (nSPS) is 8.55. The monoisotopic (exact) mass is 264 g/mol. The first-order valence-electron chi connectivity index (χ1n) is 3.96. The molecule has 0 aromatic heterocycles. The molecule has 2 radical (unpaired) electrons. The van der Waals surface area contributed by atoms with E-state index in [0.29, 0.717) is 13.0 Å². The van der Waals surface area contributed by atoms with Crippen LogP contribution in [0.5, 0.6) is 0 Å². The molecule has 0 rings (SSSR count). The molecule has 0 bridgehead atoms. The van der Waals surface area contributed by atoms with Gasteiger partial charge in [-0.15, -0.1) is 0 Å². The minimum atomic E-state index is -0.0593. The van der Waals surface area contributed by atoms with Crippen LogP contribution >= 0.6 is 0 Å². The molecule has 0 aliphatic rings. The van der Waals surface area contributed by atoms with Crippen molar-refractivity contribution in [3.05, 3.63) is 0 Å². The zero-order valence-corrected chi connectivity index (χ0v) is 10.2. The molecule has 0 N–H and O–H groups in total. The van der Waals surface area contributed by atoms with E-state index in [9.17, 15) is 4.79 Å². The number of ether oxygens (including phenoxy) is 1. The van der Waals surface area contributed by atoms with Crippen LogP contribution in [0.3, 0.4) is 0 Å². The second-order valence-electron chi connectivity index (χ2n) is 2.26. The molecule has 0 aliphatic carbocycles. The van der Waals surface area contributed by atoms with Crippen molar-refractivity contribution >= 4 is 29.9 Å². The number of carbonyl (C=O) groups excluding carboxylic acids is 1. The molecule has 0 aromatic carbocycles. The minimum Gasteiger partial charge on any atom is -0.466 e. The van der Waals surface area contributed by atoms with Crippen LogP contribution in [0.2, 0.25) is 0 Å². The van der Waals surface area contributed by atoms with Crippen molar-refractivity contribution in [1.29, 1.82) is 0 Å². The van der Waals surface area contributed by atoms with Crippen molar-refractivity contribution in [2.75, 3.05) is 6.61 Å². The molecule has 0 spiro atoms. The van der Waals surface area contributed by atoms with Crippen LogP contribution in [0.15, 0.2) is 0 Å². The fourth-order valence-electron chi connectivity index (χ4n) is 0.752. The van der Waals surface area contributed by atoms with Crippen molar-refractivity contribution in [3.63, 3.8) is 0 Å². The van der Waals surface area contributed by atoms with Crippen molar-refractivity contribution < 1.29 is 9.53 Å². The summed E-state index contributed by atoms with van der Waals surface area (Å²) in [4.78, 5) is 10.7. The third-order valence-corrected chi connectivity index (χ3v) is 1.29. The van der Waals surface area contributed by atoms with E-state index in [2.05, 4.69) is 6.92 Å². The maximum absolute atomic E-state index is 10.7. The van der Waals surface area contributed by atoms with Crippen LogP contribution in [-0.2, 0) is 9.53 Å². The maximum Gasteiger partial charge on any atom is 2.00 e. The third kappa shape index (κ3) is 10.3. The van der Waals surface area contributed by atoms with Gasteiger partial charge in [0.05, 0.1) is 6.61 Å². The largest absolute Gasteiger partial charge is 2.00 e. The molecule has 11 heavy (non-hydrogen) atoms. The molecule has 0 saturated carbocycles. The number of esters is 1. The Labute approximate surface area is 85.6 Å². The van der Waals surface area contributed by atoms with Gasteiger partial charge in [-0.05, 0) is 13.3 Å². The van der Waals surface area contributed by atoms with Crippen LogP contribution < -0.4 is 0 Å². The molecule has 0 heterocycles. The molecule has 0 atom stereocenters. The molecular weight excluding hydrogens is 247 g/mol. The van der Waals surface area contributed by atoms with Gasteiger partial charge in [0, 0.05) is 6.42 Å². The SMILES string of the molecule is CCCCCC(=O)OCC.[Sn+2]. The van der Waals surface area contributed by atoms with Crippen molar-refractivity contribution in [1.82, 2.24) is 0 Å². The molecule has 0 fully saturated rings. The van der Waals surface area contributed by atoms with E-state index < -0.39 is 0 Å². The number of carbonyl (C=O) groups is 1. The number of hydrogen-bond donors (Lipinski definition) is 0. The Hall–Kier alpha value is 0.269. The standard InChI is InChI=1S/C8H16O2.Sn/c1-3-5-6-7-8(9)10-4-2;/h3-7H2,1-2H3;/q;+2. The summed E-state index contributed by atoms with van der Waals surface area (Å²) in [5.74, 6) is -0.0593. The van der Waals surface area contributed by atoms with Gasteiger partial charge < -0.3 is 4.74 Å². The van der Waals surface area contributed by atoms with Gasteiger partial charge in [-0.2, -0.15) is 0 Å².